The van der Waals surface area contributed by atoms with Crippen molar-refractivity contribution in [2.45, 2.75) is 78.6 Å². The second kappa shape index (κ2) is 8.77. The Balaban J connectivity index is 1.66. The van der Waals surface area contributed by atoms with Crippen molar-refractivity contribution in [3.8, 4) is 0 Å². The van der Waals surface area contributed by atoms with Gasteiger partial charge in [0.1, 0.15) is 4.83 Å². The molecule has 1 aliphatic heterocycles. The van der Waals surface area contributed by atoms with Crippen molar-refractivity contribution in [2.75, 3.05) is 19.6 Å². The molecule has 2 aromatic heterocycles. The molecule has 0 bridgehead atoms. The first-order valence-electron chi connectivity index (χ1n) is 10.7. The lowest BCUT2D eigenvalue weighted by Gasteiger charge is -2.39. The van der Waals surface area contributed by atoms with E-state index in [0.717, 1.165) is 15.3 Å². The number of nitrogens with zero attached hydrogens (tertiary/aromatic N) is 4. The third-order valence-corrected chi connectivity index (χ3v) is 7.28. The van der Waals surface area contributed by atoms with Gasteiger partial charge in [0.15, 0.2) is 0 Å². The molecule has 0 spiro atoms. The van der Waals surface area contributed by atoms with Crippen LogP contribution in [0.2, 0.25) is 0 Å². The molecular formula is C22H34N4O3S. The summed E-state index contributed by atoms with van der Waals surface area (Å²) in [4.78, 5) is 36.0. The number of rotatable bonds is 6. The predicted octanol–water partition coefficient (Wildman–Crippen LogP) is 2.55. The van der Waals surface area contributed by atoms with E-state index in [1.165, 1.54) is 11.3 Å². The summed E-state index contributed by atoms with van der Waals surface area (Å²) < 4.78 is 1.54. The molecule has 166 valence electrons. The van der Waals surface area contributed by atoms with Gasteiger partial charge in [-0.1, -0.05) is 0 Å². The molecule has 0 atom stereocenters. The first kappa shape index (κ1) is 22.9. The number of aliphatic hydroxyl groups is 1. The van der Waals surface area contributed by atoms with E-state index in [1.54, 1.807) is 10.9 Å². The van der Waals surface area contributed by atoms with Gasteiger partial charge in [0.05, 0.1) is 30.4 Å². The Hall–Kier alpha value is -1.77. The third kappa shape index (κ3) is 4.60. The fourth-order valence-electron chi connectivity index (χ4n) is 4.43. The molecule has 1 saturated heterocycles. The molecule has 30 heavy (non-hydrogen) atoms. The zero-order valence-corrected chi connectivity index (χ0v) is 19.8. The van der Waals surface area contributed by atoms with E-state index < -0.39 is 5.60 Å². The number of thiophene rings is 1. The SMILES string of the molecule is Cc1sc2ncn(CC3(O)CCN(CC(=O)N(C(C)C)C(C)C)CC3)c(=O)c2c1C. The molecule has 1 fully saturated rings. The molecule has 0 aliphatic carbocycles. The van der Waals surface area contributed by atoms with Gasteiger partial charge in [-0.15, -0.1) is 11.3 Å². The molecule has 3 rings (SSSR count). The van der Waals surface area contributed by atoms with Crippen LogP contribution in [0, 0.1) is 13.8 Å². The van der Waals surface area contributed by atoms with Crippen LogP contribution in [-0.4, -0.2) is 67.7 Å². The summed E-state index contributed by atoms with van der Waals surface area (Å²) in [5.41, 5.74) is -0.0764. The summed E-state index contributed by atoms with van der Waals surface area (Å²) in [6.45, 7) is 13.9. The first-order chi connectivity index (χ1) is 14.0. The zero-order chi connectivity index (χ0) is 22.2. The number of aromatic nitrogens is 2. The zero-order valence-electron chi connectivity index (χ0n) is 18.9. The van der Waals surface area contributed by atoms with Gasteiger partial charge in [-0.2, -0.15) is 0 Å². The summed E-state index contributed by atoms with van der Waals surface area (Å²) in [5, 5.41) is 11.8. The van der Waals surface area contributed by atoms with Crippen LogP contribution in [-0.2, 0) is 11.3 Å². The molecule has 0 radical (unpaired) electrons. The molecule has 8 heteroatoms. The highest BCUT2D eigenvalue weighted by atomic mass is 32.1. The summed E-state index contributed by atoms with van der Waals surface area (Å²) in [6, 6.07) is 0.329. The maximum absolute atomic E-state index is 12.9. The molecule has 1 amide bonds. The van der Waals surface area contributed by atoms with E-state index in [1.807, 2.05) is 46.4 Å². The highest BCUT2D eigenvalue weighted by Crippen LogP contribution is 2.27. The largest absolute Gasteiger partial charge is 0.388 e. The molecule has 3 heterocycles. The van der Waals surface area contributed by atoms with Gasteiger partial charge in [0, 0.05) is 30.1 Å². The average Bonchev–Trinajstić information content (AvgIpc) is 2.94. The number of carbonyl (C=O) groups is 1. The quantitative estimate of drug-likeness (QED) is 0.756. The summed E-state index contributed by atoms with van der Waals surface area (Å²) in [7, 11) is 0. The number of aryl methyl sites for hydroxylation is 2. The topological polar surface area (TPSA) is 78.7 Å². The normalized spacial score (nSPS) is 17.2. The van der Waals surface area contributed by atoms with Crippen LogP contribution >= 0.6 is 11.3 Å². The standard InChI is InChI=1S/C22H34N4O3S/c1-14(2)26(15(3)4)18(27)11-24-9-7-22(29,8-10-24)12-25-13-23-20-19(21(25)28)16(5)17(6)30-20/h13-15,29H,7-12H2,1-6H3. The van der Waals surface area contributed by atoms with Crippen LogP contribution < -0.4 is 5.56 Å². The van der Waals surface area contributed by atoms with E-state index in [2.05, 4.69) is 9.88 Å². The second-order valence-electron chi connectivity index (χ2n) is 9.13. The van der Waals surface area contributed by atoms with Crippen LogP contribution in [0.5, 0.6) is 0 Å². The lowest BCUT2D eigenvalue weighted by atomic mass is 9.91. The summed E-state index contributed by atoms with van der Waals surface area (Å²) >= 11 is 1.53. The lowest BCUT2D eigenvalue weighted by Crippen LogP contribution is -2.52. The van der Waals surface area contributed by atoms with Gasteiger partial charge in [0.25, 0.3) is 5.56 Å². The maximum Gasteiger partial charge on any atom is 0.262 e. The number of likely N-dealkylation sites (tertiary alicyclic amines) is 1. The monoisotopic (exact) mass is 434 g/mol. The predicted molar refractivity (Wildman–Crippen MR) is 121 cm³/mol. The van der Waals surface area contributed by atoms with Gasteiger partial charge in [-0.25, -0.2) is 4.98 Å². The smallest absolute Gasteiger partial charge is 0.262 e. The van der Waals surface area contributed by atoms with Crippen molar-refractivity contribution in [3.05, 3.63) is 27.1 Å². The van der Waals surface area contributed by atoms with Crippen LogP contribution in [0.15, 0.2) is 11.1 Å². The summed E-state index contributed by atoms with van der Waals surface area (Å²) in [5.74, 6) is 0.125. The first-order valence-corrected chi connectivity index (χ1v) is 11.5. The minimum Gasteiger partial charge on any atom is -0.388 e. The van der Waals surface area contributed by atoms with Gasteiger partial charge in [-0.05, 0) is 59.9 Å². The fraction of sp³-hybridized carbons (Fsp3) is 0.682. The van der Waals surface area contributed by atoms with Gasteiger partial charge >= 0.3 is 0 Å². The Morgan fingerprint density at radius 2 is 1.83 bits per heavy atom. The molecule has 2 aromatic rings. The third-order valence-electron chi connectivity index (χ3n) is 6.17. The molecule has 0 saturated carbocycles. The Labute approximate surface area is 182 Å². The maximum atomic E-state index is 12.9. The van der Waals surface area contributed by atoms with E-state index in [4.69, 9.17) is 0 Å². The summed E-state index contributed by atoms with van der Waals surface area (Å²) in [6.07, 6.45) is 2.60. The number of amides is 1. The number of hydrogen-bond acceptors (Lipinski definition) is 6. The van der Waals surface area contributed by atoms with Crippen molar-refractivity contribution in [2.24, 2.45) is 0 Å². The average molecular weight is 435 g/mol. The number of carbonyl (C=O) groups excluding carboxylic acids is 1. The van der Waals surface area contributed by atoms with E-state index in [0.29, 0.717) is 37.9 Å². The van der Waals surface area contributed by atoms with Crippen molar-refractivity contribution < 1.29 is 9.90 Å². The number of hydrogen-bond donors (Lipinski definition) is 1. The Bertz CT molecular complexity index is 963. The van der Waals surface area contributed by atoms with Crippen molar-refractivity contribution in [1.29, 1.82) is 0 Å². The number of fused-ring (bicyclic) bond motifs is 1. The highest BCUT2D eigenvalue weighted by Gasteiger charge is 2.34. The molecule has 0 aromatic carbocycles. The van der Waals surface area contributed by atoms with Gasteiger partial charge in [-0.3, -0.25) is 19.1 Å². The highest BCUT2D eigenvalue weighted by molar-refractivity contribution is 7.18. The molecule has 7 nitrogen and oxygen atoms in total. The van der Waals surface area contributed by atoms with Crippen LogP contribution in [0.25, 0.3) is 10.2 Å². The fourth-order valence-corrected chi connectivity index (χ4v) is 5.42. The number of piperidine rings is 1. The van der Waals surface area contributed by atoms with Gasteiger partial charge < -0.3 is 10.0 Å². The van der Waals surface area contributed by atoms with Crippen molar-refractivity contribution in [1.82, 2.24) is 19.4 Å². The molecular weight excluding hydrogens is 400 g/mol. The molecule has 0 unspecified atom stereocenters. The Morgan fingerprint density at radius 3 is 2.40 bits per heavy atom. The van der Waals surface area contributed by atoms with Crippen LogP contribution in [0.1, 0.15) is 51.0 Å². The van der Waals surface area contributed by atoms with Crippen molar-refractivity contribution >= 4 is 27.5 Å². The van der Waals surface area contributed by atoms with Gasteiger partial charge in [0.2, 0.25) is 5.91 Å². The van der Waals surface area contributed by atoms with E-state index in [9.17, 15) is 14.7 Å². The van der Waals surface area contributed by atoms with E-state index >= 15 is 0 Å². The molecule has 1 aliphatic rings. The minimum absolute atomic E-state index is 0.0857. The Morgan fingerprint density at radius 1 is 1.23 bits per heavy atom. The minimum atomic E-state index is -0.965. The van der Waals surface area contributed by atoms with Crippen LogP contribution in [0.3, 0.4) is 0 Å². The lowest BCUT2D eigenvalue weighted by molar-refractivity contribution is -0.137. The van der Waals surface area contributed by atoms with Crippen LogP contribution in [0.4, 0.5) is 0 Å². The Kier molecular flexibility index (Phi) is 6.69. The molecule has 1 N–H and O–H groups in total. The van der Waals surface area contributed by atoms with E-state index in [-0.39, 0.29) is 30.1 Å². The van der Waals surface area contributed by atoms with Crippen molar-refractivity contribution in [3.63, 3.8) is 0 Å². The second-order valence-corrected chi connectivity index (χ2v) is 10.3.